The summed E-state index contributed by atoms with van der Waals surface area (Å²) in [6.07, 6.45) is 1.30. The van der Waals surface area contributed by atoms with Crippen molar-refractivity contribution in [1.29, 1.82) is 0 Å². The Morgan fingerprint density at radius 3 is 2.48 bits per heavy atom. The van der Waals surface area contributed by atoms with Crippen molar-refractivity contribution in [2.75, 3.05) is 13.2 Å². The van der Waals surface area contributed by atoms with Crippen LogP contribution >= 0.6 is 11.6 Å². The molecule has 1 aromatic carbocycles. The van der Waals surface area contributed by atoms with Crippen LogP contribution in [0.25, 0.3) is 11.1 Å². The number of rotatable bonds is 2. The van der Waals surface area contributed by atoms with E-state index in [2.05, 4.69) is 4.98 Å². The summed E-state index contributed by atoms with van der Waals surface area (Å²) >= 11 is 6.09. The summed E-state index contributed by atoms with van der Waals surface area (Å²) in [4.78, 5) is 27.4. The molecule has 2 heterocycles. The van der Waals surface area contributed by atoms with Crippen molar-refractivity contribution in [3.63, 3.8) is 0 Å². The van der Waals surface area contributed by atoms with Gasteiger partial charge in [-0.25, -0.2) is 4.79 Å². The highest BCUT2D eigenvalue weighted by Crippen LogP contribution is 2.23. The van der Waals surface area contributed by atoms with Crippen molar-refractivity contribution in [3.8, 4) is 11.1 Å². The zero-order valence-electron chi connectivity index (χ0n) is 11.3. The number of benzene rings is 1. The van der Waals surface area contributed by atoms with Gasteiger partial charge in [0, 0.05) is 19.3 Å². The van der Waals surface area contributed by atoms with E-state index in [1.54, 1.807) is 12.1 Å². The smallest absolute Gasteiger partial charge is 0.329 e. The van der Waals surface area contributed by atoms with Crippen molar-refractivity contribution < 1.29 is 4.74 Å². The van der Waals surface area contributed by atoms with E-state index >= 15 is 0 Å². The van der Waals surface area contributed by atoms with Gasteiger partial charge < -0.3 is 4.74 Å². The molecule has 3 rings (SSSR count). The first-order valence-corrected chi connectivity index (χ1v) is 7.24. The quantitative estimate of drug-likeness (QED) is 0.865. The first-order valence-electron chi connectivity index (χ1n) is 6.86. The third-order valence-electron chi connectivity index (χ3n) is 3.71. The molecule has 0 amide bonds. The van der Waals surface area contributed by atoms with Gasteiger partial charge in [0.15, 0.2) is 0 Å². The highest BCUT2D eigenvalue weighted by Gasteiger charge is 2.22. The minimum atomic E-state index is -0.461. The standard InChI is InChI=1S/C15H15ClN2O3/c16-13-12(10-4-2-1-3-5-10)14(19)18(15(20)17-13)11-6-8-21-9-7-11/h1-5,11H,6-9H2,(H,17,20). The molecule has 0 saturated carbocycles. The van der Waals surface area contributed by atoms with Gasteiger partial charge in [-0.3, -0.25) is 14.3 Å². The van der Waals surface area contributed by atoms with Gasteiger partial charge in [0.05, 0.1) is 5.56 Å². The highest BCUT2D eigenvalue weighted by atomic mass is 35.5. The summed E-state index contributed by atoms with van der Waals surface area (Å²) in [6, 6.07) is 8.98. The molecule has 0 aliphatic carbocycles. The minimum absolute atomic E-state index is 0.0829. The number of ether oxygens (including phenoxy) is 1. The van der Waals surface area contributed by atoms with E-state index in [4.69, 9.17) is 16.3 Å². The van der Waals surface area contributed by atoms with Gasteiger partial charge in [-0.1, -0.05) is 41.9 Å². The SMILES string of the molecule is O=c1[nH]c(Cl)c(-c2ccccc2)c(=O)n1C1CCOCC1. The van der Waals surface area contributed by atoms with Crippen LogP contribution in [0.15, 0.2) is 39.9 Å². The number of nitrogens with zero attached hydrogens (tertiary/aromatic N) is 1. The van der Waals surface area contributed by atoms with Crippen molar-refractivity contribution in [3.05, 3.63) is 56.3 Å². The van der Waals surface area contributed by atoms with Crippen LogP contribution in [0.1, 0.15) is 18.9 Å². The second-order valence-electron chi connectivity index (χ2n) is 5.00. The Kier molecular flexibility index (Phi) is 3.94. The third-order valence-corrected chi connectivity index (χ3v) is 3.99. The molecule has 0 spiro atoms. The van der Waals surface area contributed by atoms with Crippen molar-refractivity contribution >= 4 is 11.6 Å². The summed E-state index contributed by atoms with van der Waals surface area (Å²) in [5.41, 5.74) is 0.228. The summed E-state index contributed by atoms with van der Waals surface area (Å²) < 4.78 is 6.56. The van der Waals surface area contributed by atoms with Gasteiger partial charge in [0.25, 0.3) is 5.56 Å². The average Bonchev–Trinajstić information content (AvgIpc) is 2.49. The number of aromatic amines is 1. The lowest BCUT2D eigenvalue weighted by atomic mass is 10.1. The second-order valence-corrected chi connectivity index (χ2v) is 5.38. The first-order chi connectivity index (χ1) is 10.2. The molecule has 6 heteroatoms. The van der Waals surface area contributed by atoms with Crippen LogP contribution in [0.2, 0.25) is 5.15 Å². The number of H-pyrrole nitrogens is 1. The van der Waals surface area contributed by atoms with Crippen molar-refractivity contribution in [2.45, 2.75) is 18.9 Å². The largest absolute Gasteiger partial charge is 0.381 e. The molecule has 0 unspecified atom stereocenters. The van der Waals surface area contributed by atoms with Gasteiger partial charge in [-0.2, -0.15) is 0 Å². The maximum Gasteiger partial charge on any atom is 0.329 e. The van der Waals surface area contributed by atoms with Crippen LogP contribution in [0.5, 0.6) is 0 Å². The van der Waals surface area contributed by atoms with Gasteiger partial charge >= 0.3 is 5.69 Å². The Morgan fingerprint density at radius 1 is 1.14 bits per heavy atom. The first kappa shape index (κ1) is 14.1. The van der Waals surface area contributed by atoms with E-state index in [9.17, 15) is 9.59 Å². The zero-order chi connectivity index (χ0) is 14.8. The van der Waals surface area contributed by atoms with Crippen LogP contribution in [0.3, 0.4) is 0 Å². The van der Waals surface area contributed by atoms with Gasteiger partial charge in [-0.15, -0.1) is 0 Å². The van der Waals surface area contributed by atoms with Crippen molar-refractivity contribution in [1.82, 2.24) is 9.55 Å². The minimum Gasteiger partial charge on any atom is -0.381 e. The Labute approximate surface area is 126 Å². The second kappa shape index (κ2) is 5.87. The summed E-state index contributed by atoms with van der Waals surface area (Å²) in [7, 11) is 0. The van der Waals surface area contributed by atoms with E-state index < -0.39 is 5.69 Å². The van der Waals surface area contributed by atoms with Gasteiger partial charge in [0.2, 0.25) is 0 Å². The molecule has 5 nitrogen and oxygen atoms in total. The maximum atomic E-state index is 12.7. The highest BCUT2D eigenvalue weighted by molar-refractivity contribution is 6.32. The Morgan fingerprint density at radius 2 is 1.81 bits per heavy atom. The maximum absolute atomic E-state index is 12.7. The van der Waals surface area contributed by atoms with E-state index in [-0.39, 0.29) is 16.8 Å². The van der Waals surface area contributed by atoms with Crippen LogP contribution in [0, 0.1) is 0 Å². The number of nitrogens with one attached hydrogen (secondary N) is 1. The molecule has 1 saturated heterocycles. The predicted molar refractivity (Wildman–Crippen MR) is 80.9 cm³/mol. The molecule has 1 aliphatic heterocycles. The molecule has 1 aliphatic rings. The molecule has 0 bridgehead atoms. The molecule has 110 valence electrons. The molecule has 1 aromatic heterocycles. The zero-order valence-corrected chi connectivity index (χ0v) is 12.1. The van der Waals surface area contributed by atoms with E-state index in [1.165, 1.54) is 4.57 Å². The average molecular weight is 307 g/mol. The lowest BCUT2D eigenvalue weighted by Gasteiger charge is -2.23. The predicted octanol–water partition coefficient (Wildman–Crippen LogP) is 2.21. The van der Waals surface area contributed by atoms with Crippen LogP contribution in [-0.4, -0.2) is 22.8 Å². The topological polar surface area (TPSA) is 64.1 Å². The Hall–Kier alpha value is -1.85. The number of halogens is 1. The summed E-state index contributed by atoms with van der Waals surface area (Å²) in [5, 5.41) is 0.0829. The monoisotopic (exact) mass is 306 g/mol. The molecule has 0 radical (unpaired) electrons. The van der Waals surface area contributed by atoms with Crippen LogP contribution < -0.4 is 11.2 Å². The number of hydrogen-bond donors (Lipinski definition) is 1. The lowest BCUT2D eigenvalue weighted by molar-refractivity contribution is 0.0675. The van der Waals surface area contributed by atoms with Gasteiger partial charge in [-0.05, 0) is 18.4 Å². The number of hydrogen-bond acceptors (Lipinski definition) is 3. The molecule has 2 aromatic rings. The van der Waals surface area contributed by atoms with Gasteiger partial charge in [0.1, 0.15) is 5.15 Å². The molecular weight excluding hydrogens is 292 g/mol. The fourth-order valence-electron chi connectivity index (χ4n) is 2.65. The third kappa shape index (κ3) is 2.66. The summed E-state index contributed by atoms with van der Waals surface area (Å²) in [5.74, 6) is 0. The summed E-state index contributed by atoms with van der Waals surface area (Å²) in [6.45, 7) is 1.11. The normalized spacial score (nSPS) is 16.0. The molecule has 1 N–H and O–H groups in total. The fourth-order valence-corrected chi connectivity index (χ4v) is 2.92. The van der Waals surface area contributed by atoms with Crippen LogP contribution in [0.4, 0.5) is 0 Å². The van der Waals surface area contributed by atoms with E-state index in [0.717, 1.165) is 0 Å². The van der Waals surface area contributed by atoms with E-state index in [1.807, 2.05) is 18.2 Å². The molecular formula is C15H15ClN2O3. The number of aromatic nitrogens is 2. The fraction of sp³-hybridized carbons (Fsp3) is 0.333. The van der Waals surface area contributed by atoms with E-state index in [0.29, 0.717) is 37.2 Å². The molecule has 21 heavy (non-hydrogen) atoms. The van der Waals surface area contributed by atoms with Crippen LogP contribution in [-0.2, 0) is 4.74 Å². The van der Waals surface area contributed by atoms with Crippen molar-refractivity contribution in [2.24, 2.45) is 0 Å². The Balaban J connectivity index is 2.18. The Bertz CT molecular complexity index is 746. The molecule has 1 fully saturated rings. The molecule has 0 atom stereocenters. The lowest BCUT2D eigenvalue weighted by Crippen LogP contribution is -2.40.